The summed E-state index contributed by atoms with van der Waals surface area (Å²) in [4.78, 5) is 4.48. The highest BCUT2D eigenvalue weighted by molar-refractivity contribution is 6.41. The lowest BCUT2D eigenvalue weighted by molar-refractivity contribution is 0.319. The lowest BCUT2D eigenvalue weighted by atomic mass is 10.2. The summed E-state index contributed by atoms with van der Waals surface area (Å²) in [5.74, 6) is 0.553. The minimum Gasteiger partial charge on any atom is -0.411 e. The number of hydrogen-bond donors (Lipinski definition) is 2. The molecule has 0 fully saturated rings. The zero-order valence-electron chi connectivity index (χ0n) is 10.5. The van der Waals surface area contributed by atoms with Crippen LogP contribution in [0, 0.1) is 0 Å². The first-order chi connectivity index (χ1) is 8.44. The molecule has 0 amide bonds. The van der Waals surface area contributed by atoms with Crippen molar-refractivity contribution in [1.29, 1.82) is 0 Å². The molecule has 2 rings (SSSR count). The van der Waals surface area contributed by atoms with Crippen LogP contribution >= 0.6 is 11.6 Å². The number of nitrogens with zero attached hydrogens (tertiary/aromatic N) is 3. The SMILES string of the molecule is C/C(=N\O)C1=NC(C)(C)N(c2ccc(Cl)cc2)N1. The predicted octanol–water partition coefficient (Wildman–Crippen LogP) is 2.65. The second-order valence-corrected chi connectivity index (χ2v) is 5.00. The summed E-state index contributed by atoms with van der Waals surface area (Å²) in [6, 6.07) is 7.45. The van der Waals surface area contributed by atoms with E-state index in [0.29, 0.717) is 16.6 Å². The van der Waals surface area contributed by atoms with Gasteiger partial charge in [0.05, 0.1) is 5.69 Å². The van der Waals surface area contributed by atoms with Crippen LogP contribution < -0.4 is 10.4 Å². The van der Waals surface area contributed by atoms with Crippen LogP contribution in [0.15, 0.2) is 34.4 Å². The lowest BCUT2D eigenvalue weighted by Crippen LogP contribution is -2.47. The number of halogens is 1. The molecular weight excluding hydrogens is 252 g/mol. The largest absolute Gasteiger partial charge is 0.411 e. The number of amidine groups is 1. The van der Waals surface area contributed by atoms with Gasteiger partial charge in [-0.05, 0) is 45.0 Å². The van der Waals surface area contributed by atoms with E-state index in [0.717, 1.165) is 5.69 Å². The van der Waals surface area contributed by atoms with Crippen LogP contribution in [0.2, 0.25) is 5.02 Å². The molecule has 0 saturated carbocycles. The Hall–Kier alpha value is -1.75. The molecular formula is C12H15ClN4O. The molecule has 6 heteroatoms. The molecule has 96 valence electrons. The highest BCUT2D eigenvalue weighted by Gasteiger charge is 2.34. The summed E-state index contributed by atoms with van der Waals surface area (Å²) >= 11 is 5.87. The van der Waals surface area contributed by atoms with Crippen LogP contribution in [0.4, 0.5) is 5.69 Å². The minimum absolute atomic E-state index is 0.444. The van der Waals surface area contributed by atoms with Gasteiger partial charge in [0.15, 0.2) is 5.84 Å². The third-order valence-corrected chi connectivity index (χ3v) is 2.98. The Balaban J connectivity index is 2.30. The zero-order valence-corrected chi connectivity index (χ0v) is 11.2. The van der Waals surface area contributed by atoms with Crippen LogP contribution in [0.3, 0.4) is 0 Å². The van der Waals surface area contributed by atoms with Crippen molar-refractivity contribution in [2.45, 2.75) is 26.4 Å². The third-order valence-electron chi connectivity index (χ3n) is 2.73. The number of benzene rings is 1. The monoisotopic (exact) mass is 266 g/mol. The number of rotatable bonds is 2. The van der Waals surface area contributed by atoms with Gasteiger partial charge in [0.1, 0.15) is 11.4 Å². The van der Waals surface area contributed by atoms with Crippen LogP contribution in [0.1, 0.15) is 20.8 Å². The molecule has 0 unspecified atom stereocenters. The van der Waals surface area contributed by atoms with Crippen LogP contribution in [0.5, 0.6) is 0 Å². The maximum Gasteiger partial charge on any atom is 0.167 e. The first-order valence-electron chi connectivity index (χ1n) is 5.55. The van der Waals surface area contributed by atoms with E-state index in [4.69, 9.17) is 16.8 Å². The third kappa shape index (κ3) is 2.26. The summed E-state index contributed by atoms with van der Waals surface area (Å²) in [5.41, 5.74) is 4.04. The number of aliphatic imine (C=N–C) groups is 1. The fourth-order valence-electron chi connectivity index (χ4n) is 1.77. The highest BCUT2D eigenvalue weighted by Crippen LogP contribution is 2.27. The van der Waals surface area contributed by atoms with Crippen molar-refractivity contribution in [2.75, 3.05) is 5.01 Å². The van der Waals surface area contributed by atoms with E-state index in [2.05, 4.69) is 15.6 Å². The summed E-state index contributed by atoms with van der Waals surface area (Å²) in [5, 5.41) is 14.5. The number of anilines is 1. The summed E-state index contributed by atoms with van der Waals surface area (Å²) in [6.45, 7) is 5.62. The van der Waals surface area contributed by atoms with E-state index in [-0.39, 0.29) is 0 Å². The minimum atomic E-state index is -0.463. The average Bonchev–Trinajstić information content (AvgIpc) is 2.65. The molecule has 0 radical (unpaired) electrons. The molecule has 1 aromatic carbocycles. The fourth-order valence-corrected chi connectivity index (χ4v) is 1.90. The Labute approximate surface area is 111 Å². The second-order valence-electron chi connectivity index (χ2n) is 4.56. The molecule has 0 aromatic heterocycles. The van der Waals surface area contributed by atoms with Crippen molar-refractivity contribution in [1.82, 2.24) is 5.43 Å². The highest BCUT2D eigenvalue weighted by atomic mass is 35.5. The Bertz CT molecular complexity index is 507. The van der Waals surface area contributed by atoms with E-state index < -0.39 is 5.66 Å². The molecule has 0 saturated heterocycles. The van der Waals surface area contributed by atoms with E-state index in [1.165, 1.54) is 0 Å². The van der Waals surface area contributed by atoms with E-state index in [1.54, 1.807) is 6.92 Å². The Kier molecular flexibility index (Phi) is 3.17. The molecule has 0 spiro atoms. The molecule has 1 heterocycles. The number of oxime groups is 1. The van der Waals surface area contributed by atoms with Gasteiger partial charge in [0, 0.05) is 5.02 Å². The topological polar surface area (TPSA) is 60.2 Å². The standard InChI is InChI=1S/C12H15ClN4O/c1-8(16-18)11-14-12(2,3)17(15-11)10-6-4-9(13)5-7-10/h4-7,18H,1-3H3,(H,14,15)/b16-8+. The summed E-state index contributed by atoms with van der Waals surface area (Å²) < 4.78 is 0. The average molecular weight is 267 g/mol. The number of nitrogens with one attached hydrogen (secondary N) is 1. The molecule has 2 N–H and O–H groups in total. The van der Waals surface area contributed by atoms with Gasteiger partial charge < -0.3 is 5.21 Å². The van der Waals surface area contributed by atoms with Crippen LogP contribution in [-0.4, -0.2) is 22.4 Å². The van der Waals surface area contributed by atoms with Crippen molar-refractivity contribution in [3.8, 4) is 0 Å². The Morgan fingerprint density at radius 2 is 2.00 bits per heavy atom. The molecule has 5 nitrogen and oxygen atoms in total. The maximum atomic E-state index is 8.79. The van der Waals surface area contributed by atoms with Gasteiger partial charge >= 0.3 is 0 Å². The molecule has 0 atom stereocenters. The summed E-state index contributed by atoms with van der Waals surface area (Å²) in [6.07, 6.45) is 0. The molecule has 18 heavy (non-hydrogen) atoms. The Morgan fingerprint density at radius 3 is 2.56 bits per heavy atom. The lowest BCUT2D eigenvalue weighted by Gasteiger charge is -2.30. The van der Waals surface area contributed by atoms with Gasteiger partial charge in [-0.1, -0.05) is 16.8 Å². The molecule has 1 aliphatic heterocycles. The molecule has 0 aliphatic carbocycles. The first-order valence-corrected chi connectivity index (χ1v) is 5.93. The van der Waals surface area contributed by atoms with Crippen molar-refractivity contribution >= 4 is 28.8 Å². The smallest absolute Gasteiger partial charge is 0.167 e. The van der Waals surface area contributed by atoms with E-state index >= 15 is 0 Å². The van der Waals surface area contributed by atoms with Crippen molar-refractivity contribution < 1.29 is 5.21 Å². The van der Waals surface area contributed by atoms with Crippen LogP contribution in [0.25, 0.3) is 0 Å². The maximum absolute atomic E-state index is 8.79. The molecule has 1 aliphatic rings. The van der Waals surface area contributed by atoms with Crippen molar-refractivity contribution in [3.05, 3.63) is 29.3 Å². The van der Waals surface area contributed by atoms with Crippen LogP contribution in [-0.2, 0) is 0 Å². The summed E-state index contributed by atoms with van der Waals surface area (Å²) in [7, 11) is 0. The fraction of sp³-hybridized carbons (Fsp3) is 0.333. The van der Waals surface area contributed by atoms with Gasteiger partial charge in [-0.3, -0.25) is 10.4 Å². The van der Waals surface area contributed by atoms with Crippen molar-refractivity contribution in [3.63, 3.8) is 0 Å². The second kappa shape index (κ2) is 4.49. The van der Waals surface area contributed by atoms with Gasteiger partial charge in [0.2, 0.25) is 0 Å². The Morgan fingerprint density at radius 1 is 1.39 bits per heavy atom. The molecule has 1 aromatic rings. The van der Waals surface area contributed by atoms with Crippen molar-refractivity contribution in [2.24, 2.45) is 10.1 Å². The van der Waals surface area contributed by atoms with E-state index in [1.807, 2.05) is 43.1 Å². The van der Waals surface area contributed by atoms with Gasteiger partial charge in [-0.15, -0.1) is 0 Å². The quantitative estimate of drug-likeness (QED) is 0.491. The van der Waals surface area contributed by atoms with Gasteiger partial charge in [-0.25, -0.2) is 4.99 Å². The first kappa shape index (κ1) is 12.7. The van der Waals surface area contributed by atoms with Gasteiger partial charge in [0.25, 0.3) is 0 Å². The zero-order chi connectivity index (χ0) is 13.3. The number of hydrogen-bond acceptors (Lipinski definition) is 5. The number of hydrazine groups is 1. The van der Waals surface area contributed by atoms with E-state index in [9.17, 15) is 0 Å². The predicted molar refractivity (Wildman–Crippen MR) is 73.5 cm³/mol. The molecule has 0 bridgehead atoms. The van der Waals surface area contributed by atoms with Gasteiger partial charge in [-0.2, -0.15) is 0 Å². The normalized spacial score (nSPS) is 18.6.